The minimum absolute atomic E-state index is 0.0627. The molecule has 1 aliphatic rings. The van der Waals surface area contributed by atoms with Crippen molar-refractivity contribution in [2.45, 2.75) is 58.9 Å². The predicted molar refractivity (Wildman–Crippen MR) is 129 cm³/mol. The normalized spacial score (nSPS) is 14.8. The monoisotopic (exact) mass is 485 g/mol. The minimum atomic E-state index is -0.921. The topological polar surface area (TPSA) is 106 Å². The number of ether oxygens (including phenoxy) is 1. The Bertz CT molecular complexity index is 1160. The number of anilines is 1. The summed E-state index contributed by atoms with van der Waals surface area (Å²) in [6, 6.07) is 3.33. The number of carbonyl (C=O) groups excluding carboxylic acids is 4. The van der Waals surface area contributed by atoms with E-state index < -0.39 is 29.6 Å². The molecule has 35 heavy (non-hydrogen) atoms. The van der Waals surface area contributed by atoms with E-state index in [1.165, 1.54) is 29.9 Å². The predicted octanol–water partition coefficient (Wildman–Crippen LogP) is 3.76. The van der Waals surface area contributed by atoms with E-state index >= 15 is 0 Å². The molecule has 0 spiro atoms. The van der Waals surface area contributed by atoms with Crippen LogP contribution in [0.1, 0.15) is 69.8 Å². The lowest BCUT2D eigenvalue weighted by Gasteiger charge is -2.28. The standard InChI is InChI=1S/C26H32FN3O5/c1-14-13-18(11-12-19(14)27)28-24(32)20-15(2)22(30(4)16(20)3)23(31)25(33)29-21(26(34)35-5)17-9-7-6-8-10-17/h11-13,17,21H,6-10H2,1-5H3,(H,28,32)(H,29,33)/t21-/m1/s1. The number of halogens is 1. The molecule has 0 aliphatic heterocycles. The molecular formula is C26H32FN3O5. The van der Waals surface area contributed by atoms with Gasteiger partial charge in [-0.25, -0.2) is 9.18 Å². The van der Waals surface area contributed by atoms with Crippen LogP contribution in [-0.4, -0.2) is 41.3 Å². The summed E-state index contributed by atoms with van der Waals surface area (Å²) in [7, 11) is 2.85. The molecule has 0 unspecified atom stereocenters. The molecule has 2 aromatic rings. The summed E-state index contributed by atoms with van der Waals surface area (Å²) in [5, 5.41) is 5.31. The second-order valence-corrected chi connectivity index (χ2v) is 9.11. The van der Waals surface area contributed by atoms with Gasteiger partial charge in [0, 0.05) is 18.4 Å². The fraction of sp³-hybridized carbons (Fsp3) is 0.462. The van der Waals surface area contributed by atoms with Gasteiger partial charge in [-0.1, -0.05) is 19.3 Å². The fourth-order valence-electron chi connectivity index (χ4n) is 4.83. The number of Topliss-reactive ketones (excluding diaryl/α,β-unsaturated/α-hetero) is 1. The van der Waals surface area contributed by atoms with Crippen LogP contribution >= 0.6 is 0 Å². The lowest BCUT2D eigenvalue weighted by molar-refractivity contribution is -0.146. The lowest BCUT2D eigenvalue weighted by atomic mass is 9.83. The summed E-state index contributed by atoms with van der Waals surface area (Å²) >= 11 is 0. The van der Waals surface area contributed by atoms with Crippen LogP contribution in [0, 0.1) is 32.5 Å². The van der Waals surface area contributed by atoms with Crippen LogP contribution in [0.2, 0.25) is 0 Å². The fourth-order valence-corrected chi connectivity index (χ4v) is 4.83. The number of hydrogen-bond acceptors (Lipinski definition) is 5. The number of nitrogens with one attached hydrogen (secondary N) is 2. The van der Waals surface area contributed by atoms with E-state index in [9.17, 15) is 23.6 Å². The molecule has 9 heteroatoms. The molecule has 1 atom stereocenters. The molecule has 2 amide bonds. The number of benzene rings is 1. The van der Waals surface area contributed by atoms with E-state index in [4.69, 9.17) is 4.74 Å². The highest BCUT2D eigenvalue weighted by Gasteiger charge is 2.35. The summed E-state index contributed by atoms with van der Waals surface area (Å²) in [5.74, 6) is -3.29. The van der Waals surface area contributed by atoms with Gasteiger partial charge in [0.1, 0.15) is 11.9 Å². The summed E-state index contributed by atoms with van der Waals surface area (Å²) in [4.78, 5) is 51.5. The van der Waals surface area contributed by atoms with Crippen molar-refractivity contribution in [1.29, 1.82) is 0 Å². The molecule has 0 bridgehead atoms. The van der Waals surface area contributed by atoms with Crippen LogP contribution < -0.4 is 10.6 Å². The Balaban J connectivity index is 1.84. The van der Waals surface area contributed by atoms with Gasteiger partial charge in [-0.05, 0) is 68.9 Å². The zero-order valence-electron chi connectivity index (χ0n) is 20.8. The highest BCUT2D eigenvalue weighted by Crippen LogP contribution is 2.28. The Labute approximate surface area is 204 Å². The number of ketones is 1. The molecule has 1 heterocycles. The molecule has 1 fully saturated rings. The van der Waals surface area contributed by atoms with Crippen molar-refractivity contribution in [3.8, 4) is 0 Å². The highest BCUT2D eigenvalue weighted by molar-refractivity contribution is 6.43. The Hall–Kier alpha value is -3.49. The summed E-state index contributed by atoms with van der Waals surface area (Å²) in [6.45, 7) is 4.86. The average molecular weight is 486 g/mol. The Morgan fingerprint density at radius 3 is 2.34 bits per heavy atom. The van der Waals surface area contributed by atoms with Crippen LogP contribution in [0.3, 0.4) is 0 Å². The van der Waals surface area contributed by atoms with Crippen LogP contribution in [0.5, 0.6) is 0 Å². The van der Waals surface area contributed by atoms with Gasteiger partial charge >= 0.3 is 5.97 Å². The number of methoxy groups -OCH3 is 1. The van der Waals surface area contributed by atoms with Crippen molar-refractivity contribution in [2.24, 2.45) is 13.0 Å². The summed E-state index contributed by atoms with van der Waals surface area (Å²) < 4.78 is 19.9. The van der Waals surface area contributed by atoms with Gasteiger partial charge in [0.05, 0.1) is 18.4 Å². The van der Waals surface area contributed by atoms with Gasteiger partial charge in [-0.2, -0.15) is 0 Å². The second kappa shape index (κ2) is 10.8. The third-order valence-electron chi connectivity index (χ3n) is 6.86. The zero-order valence-corrected chi connectivity index (χ0v) is 20.8. The smallest absolute Gasteiger partial charge is 0.328 e. The molecule has 1 aromatic carbocycles. The number of amides is 2. The lowest BCUT2D eigenvalue weighted by Crippen LogP contribution is -2.49. The molecular weight excluding hydrogens is 453 g/mol. The third-order valence-corrected chi connectivity index (χ3v) is 6.86. The van der Waals surface area contributed by atoms with Crippen molar-refractivity contribution in [3.63, 3.8) is 0 Å². The first-order valence-electron chi connectivity index (χ1n) is 11.7. The maximum absolute atomic E-state index is 13.6. The van der Waals surface area contributed by atoms with E-state index in [0.29, 0.717) is 22.5 Å². The Morgan fingerprint density at radius 1 is 1.09 bits per heavy atom. The van der Waals surface area contributed by atoms with Crippen LogP contribution in [0.4, 0.5) is 10.1 Å². The van der Waals surface area contributed by atoms with Gasteiger partial charge in [0.25, 0.3) is 17.6 Å². The average Bonchev–Trinajstić information content (AvgIpc) is 3.07. The minimum Gasteiger partial charge on any atom is -0.467 e. The number of nitrogens with zero attached hydrogens (tertiary/aromatic N) is 1. The number of carbonyl (C=O) groups is 4. The summed E-state index contributed by atoms with van der Waals surface area (Å²) in [6.07, 6.45) is 4.50. The van der Waals surface area contributed by atoms with E-state index in [1.54, 1.807) is 27.8 Å². The Kier molecular flexibility index (Phi) is 8.09. The maximum Gasteiger partial charge on any atom is 0.328 e. The van der Waals surface area contributed by atoms with Gasteiger partial charge in [-0.3, -0.25) is 14.4 Å². The SMILES string of the molecule is COC(=O)[C@H](NC(=O)C(=O)c1c(C)c(C(=O)Nc2ccc(F)c(C)c2)c(C)n1C)C1CCCCC1. The molecule has 188 valence electrons. The van der Waals surface area contributed by atoms with Gasteiger partial charge in [0.15, 0.2) is 0 Å². The van der Waals surface area contributed by atoms with Crippen molar-refractivity contribution in [3.05, 3.63) is 52.1 Å². The number of aromatic nitrogens is 1. The molecule has 1 aliphatic carbocycles. The van der Waals surface area contributed by atoms with Crippen LogP contribution in [0.25, 0.3) is 0 Å². The van der Waals surface area contributed by atoms with Crippen LogP contribution in [0.15, 0.2) is 18.2 Å². The molecule has 8 nitrogen and oxygen atoms in total. The Morgan fingerprint density at radius 2 is 1.74 bits per heavy atom. The zero-order chi connectivity index (χ0) is 25.9. The third kappa shape index (κ3) is 5.44. The quantitative estimate of drug-likeness (QED) is 0.353. The van der Waals surface area contributed by atoms with Crippen molar-refractivity contribution >= 4 is 29.3 Å². The van der Waals surface area contributed by atoms with Crippen molar-refractivity contribution < 1.29 is 28.3 Å². The molecule has 1 saturated carbocycles. The van der Waals surface area contributed by atoms with E-state index in [0.717, 1.165) is 32.1 Å². The number of esters is 1. The number of aryl methyl sites for hydroxylation is 1. The van der Waals surface area contributed by atoms with Crippen molar-refractivity contribution in [1.82, 2.24) is 9.88 Å². The van der Waals surface area contributed by atoms with Gasteiger partial charge in [0.2, 0.25) is 0 Å². The molecule has 0 radical (unpaired) electrons. The number of rotatable bonds is 7. The second-order valence-electron chi connectivity index (χ2n) is 9.11. The largest absolute Gasteiger partial charge is 0.467 e. The van der Waals surface area contributed by atoms with E-state index in [2.05, 4.69) is 10.6 Å². The molecule has 3 rings (SSSR count). The molecule has 2 N–H and O–H groups in total. The highest BCUT2D eigenvalue weighted by atomic mass is 19.1. The van der Waals surface area contributed by atoms with Crippen molar-refractivity contribution in [2.75, 3.05) is 12.4 Å². The number of hydrogen-bond donors (Lipinski definition) is 2. The van der Waals surface area contributed by atoms with Gasteiger partial charge < -0.3 is 19.9 Å². The molecule has 1 aromatic heterocycles. The first-order chi connectivity index (χ1) is 16.6. The van der Waals surface area contributed by atoms with Crippen LogP contribution in [-0.2, 0) is 21.4 Å². The molecule has 0 saturated heterocycles. The maximum atomic E-state index is 13.6. The van der Waals surface area contributed by atoms with Gasteiger partial charge in [-0.15, -0.1) is 0 Å². The van der Waals surface area contributed by atoms with E-state index in [1.807, 2.05) is 0 Å². The summed E-state index contributed by atoms with van der Waals surface area (Å²) in [5.41, 5.74) is 1.95. The van der Waals surface area contributed by atoms with E-state index in [-0.39, 0.29) is 23.0 Å². The first kappa shape index (κ1) is 26.1. The first-order valence-corrected chi connectivity index (χ1v) is 11.7.